The number of rotatable bonds is 4. The minimum absolute atomic E-state index is 0.147. The van der Waals surface area contributed by atoms with Crippen LogP contribution in [0.25, 0.3) is 0 Å². The summed E-state index contributed by atoms with van der Waals surface area (Å²) in [7, 11) is 0. The van der Waals surface area contributed by atoms with E-state index in [-0.39, 0.29) is 11.9 Å². The first-order valence-corrected chi connectivity index (χ1v) is 7.09. The van der Waals surface area contributed by atoms with Gasteiger partial charge >= 0.3 is 0 Å². The second-order valence-electron chi connectivity index (χ2n) is 5.29. The highest BCUT2D eigenvalue weighted by atomic mass is 35.5. The summed E-state index contributed by atoms with van der Waals surface area (Å²) in [5.41, 5.74) is 10.3. The van der Waals surface area contributed by atoms with Crippen molar-refractivity contribution in [2.24, 2.45) is 5.73 Å². The lowest BCUT2D eigenvalue weighted by molar-refractivity contribution is 0.584. The fourth-order valence-electron chi connectivity index (χ4n) is 2.29. The van der Waals surface area contributed by atoms with Crippen LogP contribution in [0.3, 0.4) is 0 Å². The second kappa shape index (κ2) is 6.38. The lowest BCUT2D eigenvalue weighted by Gasteiger charge is -2.14. The molecule has 0 amide bonds. The summed E-state index contributed by atoms with van der Waals surface area (Å²) in [5.74, 6) is -0.284. The van der Waals surface area contributed by atoms with Crippen LogP contribution in [0.5, 0.6) is 0 Å². The van der Waals surface area contributed by atoms with Gasteiger partial charge in [0.15, 0.2) is 0 Å². The molecule has 20 heavy (non-hydrogen) atoms. The summed E-state index contributed by atoms with van der Waals surface area (Å²) >= 11 is 6.03. The van der Waals surface area contributed by atoms with Crippen LogP contribution in [0.2, 0.25) is 5.02 Å². The normalized spacial score (nSPS) is 12.4. The minimum atomic E-state index is -0.284. The molecule has 0 aliphatic carbocycles. The summed E-state index contributed by atoms with van der Waals surface area (Å²) < 4.78 is 13.7. The molecule has 0 bridgehead atoms. The number of benzene rings is 2. The van der Waals surface area contributed by atoms with Gasteiger partial charge < -0.3 is 5.73 Å². The second-order valence-corrected chi connectivity index (χ2v) is 5.69. The Labute approximate surface area is 124 Å². The topological polar surface area (TPSA) is 26.0 Å². The van der Waals surface area contributed by atoms with Gasteiger partial charge in [-0.3, -0.25) is 0 Å². The van der Waals surface area contributed by atoms with Gasteiger partial charge in [-0.05, 0) is 55.5 Å². The zero-order valence-corrected chi connectivity index (χ0v) is 12.5. The maximum absolute atomic E-state index is 13.7. The molecule has 0 heterocycles. The van der Waals surface area contributed by atoms with E-state index >= 15 is 0 Å². The molecule has 0 aromatic heterocycles. The Kier molecular flexibility index (Phi) is 4.79. The largest absolute Gasteiger partial charge is 0.327 e. The molecule has 2 N–H and O–H groups in total. The zero-order valence-electron chi connectivity index (χ0n) is 11.8. The molecule has 3 heteroatoms. The average Bonchev–Trinajstić information content (AvgIpc) is 2.38. The molecule has 0 fully saturated rings. The van der Waals surface area contributed by atoms with Crippen molar-refractivity contribution in [1.29, 1.82) is 0 Å². The van der Waals surface area contributed by atoms with E-state index in [1.165, 1.54) is 22.8 Å². The number of hydrogen-bond donors (Lipinski definition) is 1. The van der Waals surface area contributed by atoms with Crippen molar-refractivity contribution in [3.8, 4) is 0 Å². The van der Waals surface area contributed by atoms with Crippen LogP contribution in [0, 0.1) is 19.7 Å². The van der Waals surface area contributed by atoms with Gasteiger partial charge in [-0.2, -0.15) is 0 Å². The van der Waals surface area contributed by atoms with Gasteiger partial charge in [0.1, 0.15) is 5.82 Å². The summed E-state index contributed by atoms with van der Waals surface area (Å²) in [4.78, 5) is 0. The van der Waals surface area contributed by atoms with Gasteiger partial charge in [0, 0.05) is 16.6 Å². The Balaban J connectivity index is 2.09. The monoisotopic (exact) mass is 291 g/mol. The molecule has 2 aromatic carbocycles. The van der Waals surface area contributed by atoms with E-state index in [4.69, 9.17) is 17.3 Å². The maximum Gasteiger partial charge on any atom is 0.127 e. The molecule has 0 aliphatic heterocycles. The molecular weight excluding hydrogens is 273 g/mol. The maximum atomic E-state index is 13.7. The summed E-state index contributed by atoms with van der Waals surface area (Å²) in [5, 5.41) is 0.445. The van der Waals surface area contributed by atoms with Crippen LogP contribution >= 0.6 is 11.6 Å². The van der Waals surface area contributed by atoms with Crippen LogP contribution in [0.15, 0.2) is 36.4 Å². The van der Waals surface area contributed by atoms with Crippen molar-refractivity contribution < 1.29 is 4.39 Å². The minimum Gasteiger partial charge on any atom is -0.327 e. The quantitative estimate of drug-likeness (QED) is 0.897. The molecule has 0 saturated carbocycles. The molecule has 2 rings (SSSR count). The lowest BCUT2D eigenvalue weighted by Crippen LogP contribution is -2.26. The molecule has 0 radical (unpaired) electrons. The first-order valence-electron chi connectivity index (χ1n) is 6.72. The molecular formula is C17H19ClFN. The van der Waals surface area contributed by atoms with E-state index in [1.807, 2.05) is 0 Å². The molecule has 0 saturated heterocycles. The van der Waals surface area contributed by atoms with Crippen LogP contribution in [-0.4, -0.2) is 6.04 Å². The van der Waals surface area contributed by atoms with Crippen molar-refractivity contribution in [3.05, 3.63) is 69.5 Å². The molecule has 2 aromatic rings. The van der Waals surface area contributed by atoms with Gasteiger partial charge in [-0.1, -0.05) is 35.9 Å². The Hall–Kier alpha value is -1.38. The summed E-state index contributed by atoms with van der Waals surface area (Å²) in [6.07, 6.45) is 1.16. The highest BCUT2D eigenvalue weighted by molar-refractivity contribution is 6.31. The van der Waals surface area contributed by atoms with Crippen molar-refractivity contribution in [3.63, 3.8) is 0 Å². The lowest BCUT2D eigenvalue weighted by atomic mass is 9.97. The molecule has 1 nitrogen and oxygen atoms in total. The number of hydrogen-bond acceptors (Lipinski definition) is 1. The summed E-state index contributed by atoms with van der Waals surface area (Å²) in [6.45, 7) is 4.16. The van der Waals surface area contributed by atoms with Crippen LogP contribution < -0.4 is 5.73 Å². The Bertz CT molecular complexity index is 590. The highest BCUT2D eigenvalue weighted by Gasteiger charge is 2.12. The van der Waals surface area contributed by atoms with Gasteiger partial charge in [0.25, 0.3) is 0 Å². The predicted molar refractivity (Wildman–Crippen MR) is 82.7 cm³/mol. The number of nitrogens with two attached hydrogens (primary N) is 1. The van der Waals surface area contributed by atoms with Crippen LogP contribution in [0.1, 0.15) is 22.3 Å². The van der Waals surface area contributed by atoms with E-state index in [2.05, 4.69) is 32.0 Å². The van der Waals surface area contributed by atoms with Gasteiger partial charge in [0.2, 0.25) is 0 Å². The third-order valence-corrected chi connectivity index (χ3v) is 3.95. The summed E-state index contributed by atoms with van der Waals surface area (Å²) in [6, 6.07) is 10.9. The Morgan fingerprint density at radius 1 is 1.10 bits per heavy atom. The predicted octanol–water partition coefficient (Wildman–Crippen LogP) is 4.21. The fourth-order valence-corrected chi connectivity index (χ4v) is 2.54. The van der Waals surface area contributed by atoms with Crippen LogP contribution in [-0.2, 0) is 12.8 Å². The molecule has 1 unspecified atom stereocenters. The van der Waals surface area contributed by atoms with Crippen molar-refractivity contribution in [1.82, 2.24) is 0 Å². The molecule has 106 valence electrons. The smallest absolute Gasteiger partial charge is 0.127 e. The van der Waals surface area contributed by atoms with E-state index in [1.54, 1.807) is 12.1 Å². The Morgan fingerprint density at radius 3 is 2.50 bits per heavy atom. The van der Waals surface area contributed by atoms with Crippen molar-refractivity contribution in [2.75, 3.05) is 0 Å². The SMILES string of the molecule is Cc1ccc(CC(N)Cc2c(F)cccc2Cl)cc1C. The van der Waals surface area contributed by atoms with Crippen molar-refractivity contribution in [2.45, 2.75) is 32.7 Å². The zero-order chi connectivity index (χ0) is 14.7. The van der Waals surface area contributed by atoms with Crippen LogP contribution in [0.4, 0.5) is 4.39 Å². The van der Waals surface area contributed by atoms with Crippen molar-refractivity contribution >= 4 is 11.6 Å². The number of aryl methyl sites for hydroxylation is 2. The number of halogens is 2. The third-order valence-electron chi connectivity index (χ3n) is 3.60. The standard InChI is InChI=1S/C17H19ClFN/c1-11-6-7-13(8-12(11)2)9-14(20)10-15-16(18)4-3-5-17(15)19/h3-8,14H,9-10,20H2,1-2H3. The molecule has 0 spiro atoms. The third kappa shape index (κ3) is 3.59. The van der Waals surface area contributed by atoms with Gasteiger partial charge in [-0.15, -0.1) is 0 Å². The average molecular weight is 292 g/mol. The molecule has 0 aliphatic rings. The fraction of sp³-hybridized carbons (Fsp3) is 0.294. The van der Waals surface area contributed by atoms with E-state index in [0.29, 0.717) is 23.4 Å². The van der Waals surface area contributed by atoms with Gasteiger partial charge in [0.05, 0.1) is 0 Å². The highest BCUT2D eigenvalue weighted by Crippen LogP contribution is 2.21. The first kappa shape index (κ1) is 15.0. The van der Waals surface area contributed by atoms with E-state index in [9.17, 15) is 4.39 Å². The Morgan fingerprint density at radius 2 is 1.85 bits per heavy atom. The first-order chi connectivity index (χ1) is 9.47. The van der Waals surface area contributed by atoms with E-state index in [0.717, 1.165) is 0 Å². The van der Waals surface area contributed by atoms with Gasteiger partial charge in [-0.25, -0.2) is 4.39 Å². The van der Waals surface area contributed by atoms with E-state index < -0.39 is 0 Å². The molecule has 1 atom stereocenters.